The number of aromatic carboxylic acids is 1. The van der Waals surface area contributed by atoms with Crippen molar-refractivity contribution in [2.24, 2.45) is 0 Å². The Kier molecular flexibility index (Phi) is 4.00. The second kappa shape index (κ2) is 5.94. The van der Waals surface area contributed by atoms with E-state index in [1.165, 1.54) is 12.6 Å². The number of urea groups is 1. The standard InChI is InChI=1S/C16H21N3O3/c1-11-4-2-3-8-19(11)16(22)18-9-6-12-5-7-17-14(15(20)21)13(12)10-18/h5,7,11H,2-4,6,8-10H2,1H3,(H,20,21). The van der Waals surface area contributed by atoms with Crippen LogP contribution in [0.5, 0.6) is 0 Å². The summed E-state index contributed by atoms with van der Waals surface area (Å²) in [5.74, 6) is -1.03. The molecule has 0 aromatic carbocycles. The van der Waals surface area contributed by atoms with Gasteiger partial charge in [-0.05, 0) is 44.2 Å². The smallest absolute Gasteiger partial charge is 0.354 e. The van der Waals surface area contributed by atoms with Gasteiger partial charge in [0.05, 0.1) is 6.54 Å². The number of pyridine rings is 1. The number of carboxylic acids is 1. The van der Waals surface area contributed by atoms with Gasteiger partial charge in [0.25, 0.3) is 0 Å². The van der Waals surface area contributed by atoms with Crippen molar-refractivity contribution in [1.29, 1.82) is 0 Å². The second-order valence-electron chi connectivity index (χ2n) is 6.09. The predicted molar refractivity (Wildman–Crippen MR) is 80.7 cm³/mol. The van der Waals surface area contributed by atoms with E-state index in [4.69, 9.17) is 0 Å². The Bertz CT molecular complexity index is 602. The Hall–Kier alpha value is -2.11. The topological polar surface area (TPSA) is 73.7 Å². The van der Waals surface area contributed by atoms with Crippen LogP contribution in [-0.2, 0) is 13.0 Å². The van der Waals surface area contributed by atoms with Crippen molar-refractivity contribution in [2.75, 3.05) is 13.1 Å². The number of amides is 2. The van der Waals surface area contributed by atoms with Gasteiger partial charge >= 0.3 is 12.0 Å². The van der Waals surface area contributed by atoms with Crippen LogP contribution < -0.4 is 0 Å². The molecule has 1 N–H and O–H groups in total. The summed E-state index contributed by atoms with van der Waals surface area (Å²) in [4.78, 5) is 31.7. The lowest BCUT2D eigenvalue weighted by Crippen LogP contribution is -2.50. The van der Waals surface area contributed by atoms with Gasteiger partial charge in [-0.15, -0.1) is 0 Å². The van der Waals surface area contributed by atoms with Crippen LogP contribution in [-0.4, -0.2) is 51.0 Å². The third-order valence-corrected chi connectivity index (χ3v) is 4.67. The molecule has 118 valence electrons. The highest BCUT2D eigenvalue weighted by molar-refractivity contribution is 5.88. The van der Waals surface area contributed by atoms with E-state index in [0.717, 1.165) is 24.9 Å². The molecule has 0 bridgehead atoms. The van der Waals surface area contributed by atoms with Crippen LogP contribution in [0.2, 0.25) is 0 Å². The van der Waals surface area contributed by atoms with Gasteiger partial charge < -0.3 is 14.9 Å². The minimum Gasteiger partial charge on any atom is -0.477 e. The van der Waals surface area contributed by atoms with E-state index in [1.807, 2.05) is 11.0 Å². The molecular formula is C16H21N3O3. The normalized spacial score (nSPS) is 21.4. The highest BCUT2D eigenvalue weighted by atomic mass is 16.4. The van der Waals surface area contributed by atoms with Gasteiger partial charge in [-0.3, -0.25) is 0 Å². The first kappa shape index (κ1) is 14.8. The van der Waals surface area contributed by atoms with Crippen molar-refractivity contribution in [1.82, 2.24) is 14.8 Å². The van der Waals surface area contributed by atoms with Crippen LogP contribution in [0, 0.1) is 0 Å². The fraction of sp³-hybridized carbons (Fsp3) is 0.562. The van der Waals surface area contributed by atoms with Crippen LogP contribution in [0.4, 0.5) is 4.79 Å². The molecule has 6 heteroatoms. The molecule has 6 nitrogen and oxygen atoms in total. The zero-order chi connectivity index (χ0) is 15.7. The van der Waals surface area contributed by atoms with Gasteiger partial charge in [-0.25, -0.2) is 14.6 Å². The van der Waals surface area contributed by atoms with Gasteiger partial charge in [-0.2, -0.15) is 0 Å². The molecule has 0 spiro atoms. The molecule has 1 atom stereocenters. The van der Waals surface area contributed by atoms with Crippen molar-refractivity contribution >= 4 is 12.0 Å². The fourth-order valence-corrected chi connectivity index (χ4v) is 3.38. The van der Waals surface area contributed by atoms with E-state index in [0.29, 0.717) is 25.1 Å². The molecule has 2 aliphatic heterocycles. The van der Waals surface area contributed by atoms with E-state index >= 15 is 0 Å². The first-order chi connectivity index (χ1) is 10.6. The summed E-state index contributed by atoms with van der Waals surface area (Å²) in [5.41, 5.74) is 1.74. The maximum Gasteiger partial charge on any atom is 0.354 e. The lowest BCUT2D eigenvalue weighted by atomic mass is 9.98. The SMILES string of the molecule is CC1CCCCN1C(=O)N1CCc2ccnc(C(=O)O)c2C1. The summed E-state index contributed by atoms with van der Waals surface area (Å²) < 4.78 is 0. The maximum atomic E-state index is 12.7. The largest absolute Gasteiger partial charge is 0.477 e. The van der Waals surface area contributed by atoms with Crippen molar-refractivity contribution in [3.63, 3.8) is 0 Å². The highest BCUT2D eigenvalue weighted by Gasteiger charge is 2.31. The minimum absolute atomic E-state index is 0.0260. The molecule has 2 amide bonds. The Morgan fingerprint density at radius 2 is 2.14 bits per heavy atom. The van der Waals surface area contributed by atoms with Crippen LogP contribution in [0.3, 0.4) is 0 Å². The van der Waals surface area contributed by atoms with E-state index in [1.54, 1.807) is 4.90 Å². The van der Waals surface area contributed by atoms with Crippen LogP contribution in [0.15, 0.2) is 12.3 Å². The van der Waals surface area contributed by atoms with Crippen molar-refractivity contribution in [2.45, 2.75) is 45.2 Å². The molecule has 2 aliphatic rings. The van der Waals surface area contributed by atoms with Gasteiger partial charge in [0.2, 0.25) is 0 Å². The molecule has 1 aromatic heterocycles. The van der Waals surface area contributed by atoms with Crippen LogP contribution in [0.1, 0.15) is 47.8 Å². The third-order valence-electron chi connectivity index (χ3n) is 4.67. The Labute approximate surface area is 129 Å². The molecule has 0 saturated carbocycles. The molecule has 0 radical (unpaired) electrons. The Balaban J connectivity index is 1.81. The number of nitrogens with zero attached hydrogens (tertiary/aromatic N) is 3. The van der Waals surface area contributed by atoms with E-state index in [2.05, 4.69) is 11.9 Å². The quantitative estimate of drug-likeness (QED) is 0.862. The number of rotatable bonds is 1. The zero-order valence-corrected chi connectivity index (χ0v) is 12.8. The highest BCUT2D eigenvalue weighted by Crippen LogP contribution is 2.24. The summed E-state index contributed by atoms with van der Waals surface area (Å²) in [7, 11) is 0. The average Bonchev–Trinajstić information content (AvgIpc) is 2.53. The number of carboxylic acid groups (broad SMARTS) is 1. The number of hydrogen-bond acceptors (Lipinski definition) is 3. The lowest BCUT2D eigenvalue weighted by molar-refractivity contribution is 0.0685. The Morgan fingerprint density at radius 3 is 2.86 bits per heavy atom. The number of likely N-dealkylation sites (tertiary alicyclic amines) is 1. The molecule has 0 aliphatic carbocycles. The molecule has 3 heterocycles. The Morgan fingerprint density at radius 1 is 1.32 bits per heavy atom. The summed E-state index contributed by atoms with van der Waals surface area (Å²) in [6.07, 6.45) is 5.47. The molecule has 1 fully saturated rings. The minimum atomic E-state index is -1.03. The van der Waals surface area contributed by atoms with Gasteiger partial charge in [0, 0.05) is 30.9 Å². The molecule has 1 unspecified atom stereocenters. The summed E-state index contributed by atoms with van der Waals surface area (Å²) in [6.45, 7) is 3.85. The van der Waals surface area contributed by atoms with Crippen LogP contribution >= 0.6 is 0 Å². The molecular weight excluding hydrogens is 282 g/mol. The summed E-state index contributed by atoms with van der Waals surface area (Å²) in [6, 6.07) is 2.14. The van der Waals surface area contributed by atoms with E-state index in [-0.39, 0.29) is 17.8 Å². The first-order valence-corrected chi connectivity index (χ1v) is 7.83. The van der Waals surface area contributed by atoms with E-state index in [9.17, 15) is 14.7 Å². The third kappa shape index (κ3) is 2.65. The number of hydrogen-bond donors (Lipinski definition) is 1. The lowest BCUT2D eigenvalue weighted by Gasteiger charge is -2.39. The first-order valence-electron chi connectivity index (χ1n) is 7.83. The predicted octanol–water partition coefficient (Wildman–Crippen LogP) is 2.13. The number of piperidine rings is 1. The number of aromatic nitrogens is 1. The van der Waals surface area contributed by atoms with Crippen molar-refractivity contribution in [3.8, 4) is 0 Å². The zero-order valence-electron chi connectivity index (χ0n) is 12.8. The van der Waals surface area contributed by atoms with Crippen LogP contribution in [0.25, 0.3) is 0 Å². The summed E-state index contributed by atoms with van der Waals surface area (Å²) in [5, 5.41) is 9.28. The molecule has 1 aromatic rings. The van der Waals surface area contributed by atoms with Crippen molar-refractivity contribution < 1.29 is 14.7 Å². The average molecular weight is 303 g/mol. The monoisotopic (exact) mass is 303 g/mol. The van der Waals surface area contributed by atoms with E-state index < -0.39 is 5.97 Å². The number of carbonyl (C=O) groups excluding carboxylic acids is 1. The van der Waals surface area contributed by atoms with Gasteiger partial charge in [-0.1, -0.05) is 0 Å². The summed E-state index contributed by atoms with van der Waals surface area (Å²) >= 11 is 0. The van der Waals surface area contributed by atoms with Gasteiger partial charge in [0.1, 0.15) is 0 Å². The van der Waals surface area contributed by atoms with Gasteiger partial charge in [0.15, 0.2) is 5.69 Å². The number of fused-ring (bicyclic) bond motifs is 1. The molecule has 1 saturated heterocycles. The molecule has 22 heavy (non-hydrogen) atoms. The molecule has 3 rings (SSSR count). The van der Waals surface area contributed by atoms with Crippen molar-refractivity contribution in [3.05, 3.63) is 29.1 Å². The second-order valence-corrected chi connectivity index (χ2v) is 6.09. The fourth-order valence-electron chi connectivity index (χ4n) is 3.38. The maximum absolute atomic E-state index is 12.7. The number of carbonyl (C=O) groups is 2.